The van der Waals surface area contributed by atoms with E-state index in [2.05, 4.69) is 6.92 Å². The van der Waals surface area contributed by atoms with Crippen LogP contribution in [-0.4, -0.2) is 43.0 Å². The van der Waals surface area contributed by atoms with E-state index in [1.807, 2.05) is 0 Å². The molecule has 1 saturated carbocycles. The number of anilines is 1. The number of amides is 1. The predicted molar refractivity (Wildman–Crippen MR) is 128 cm³/mol. The molecule has 1 aliphatic heterocycles. The SMILES string of the molecule is CCOC(=O)c1cc(-c2ccc(C(=O)Cl)cc2)oc1N(C(=O)C1CCC(C)CC1)C1CCOC1. The van der Waals surface area contributed by atoms with Gasteiger partial charge in [0.15, 0.2) is 0 Å². The fourth-order valence-corrected chi connectivity index (χ4v) is 4.82. The summed E-state index contributed by atoms with van der Waals surface area (Å²) in [6, 6.07) is 7.96. The van der Waals surface area contributed by atoms with Gasteiger partial charge >= 0.3 is 5.97 Å². The highest BCUT2D eigenvalue weighted by molar-refractivity contribution is 6.67. The monoisotopic (exact) mass is 487 g/mol. The van der Waals surface area contributed by atoms with E-state index < -0.39 is 11.2 Å². The summed E-state index contributed by atoms with van der Waals surface area (Å²) in [5.74, 6) is 0.520. The van der Waals surface area contributed by atoms with Crippen LogP contribution in [0.3, 0.4) is 0 Å². The third kappa shape index (κ3) is 5.20. The Morgan fingerprint density at radius 1 is 1.09 bits per heavy atom. The van der Waals surface area contributed by atoms with Crippen molar-refractivity contribution in [1.82, 2.24) is 0 Å². The van der Waals surface area contributed by atoms with Gasteiger partial charge in [-0.25, -0.2) is 4.79 Å². The smallest absolute Gasteiger partial charge is 0.343 e. The Labute approximate surface area is 204 Å². The van der Waals surface area contributed by atoms with E-state index in [-0.39, 0.29) is 35.9 Å². The molecule has 2 aromatic rings. The average Bonchev–Trinajstić information content (AvgIpc) is 3.51. The van der Waals surface area contributed by atoms with Crippen molar-refractivity contribution >= 4 is 34.6 Å². The van der Waals surface area contributed by atoms with Crippen LogP contribution in [0, 0.1) is 11.8 Å². The summed E-state index contributed by atoms with van der Waals surface area (Å²) in [5, 5.41) is -0.557. The fraction of sp³-hybridized carbons (Fsp3) is 0.500. The second-order valence-corrected chi connectivity index (χ2v) is 9.43. The first-order valence-corrected chi connectivity index (χ1v) is 12.3. The summed E-state index contributed by atoms with van der Waals surface area (Å²) in [7, 11) is 0. The number of hydrogen-bond donors (Lipinski definition) is 0. The third-order valence-corrected chi connectivity index (χ3v) is 6.91. The molecule has 0 bridgehead atoms. The summed E-state index contributed by atoms with van der Waals surface area (Å²) < 4.78 is 17.1. The molecule has 8 heteroatoms. The van der Waals surface area contributed by atoms with Gasteiger partial charge in [-0.1, -0.05) is 19.1 Å². The standard InChI is InChI=1S/C26H30ClNO6/c1-3-33-26(31)21-14-22(17-8-10-18(11-9-17)23(27)29)34-25(21)28(20-12-13-32-15-20)24(30)19-6-4-16(2)5-7-19/h8-11,14,16,19-20H,3-7,12-13,15H2,1-2H3. The molecule has 2 fully saturated rings. The number of esters is 1. The van der Waals surface area contributed by atoms with Crippen molar-refractivity contribution in [3.8, 4) is 11.3 Å². The minimum absolute atomic E-state index is 0.0306. The van der Waals surface area contributed by atoms with Gasteiger partial charge in [-0.3, -0.25) is 14.5 Å². The van der Waals surface area contributed by atoms with Gasteiger partial charge < -0.3 is 13.9 Å². The van der Waals surface area contributed by atoms with Crippen LogP contribution in [0.15, 0.2) is 34.7 Å². The summed E-state index contributed by atoms with van der Waals surface area (Å²) in [4.78, 5) is 39.8. The van der Waals surface area contributed by atoms with Gasteiger partial charge in [-0.15, -0.1) is 0 Å². The lowest BCUT2D eigenvalue weighted by molar-refractivity contribution is -0.124. The predicted octanol–water partition coefficient (Wildman–Crippen LogP) is 5.45. The number of hydrogen-bond acceptors (Lipinski definition) is 6. The lowest BCUT2D eigenvalue weighted by Crippen LogP contribution is -2.45. The largest absolute Gasteiger partial charge is 0.462 e. The fourth-order valence-electron chi connectivity index (χ4n) is 4.70. The molecule has 1 aromatic carbocycles. The van der Waals surface area contributed by atoms with Crippen LogP contribution in [0.1, 0.15) is 66.7 Å². The lowest BCUT2D eigenvalue weighted by Gasteiger charge is -2.33. The van der Waals surface area contributed by atoms with E-state index in [0.717, 1.165) is 25.7 Å². The highest BCUT2D eigenvalue weighted by Gasteiger charge is 2.39. The van der Waals surface area contributed by atoms with Crippen LogP contribution >= 0.6 is 11.6 Å². The number of halogens is 1. The number of carbonyl (C=O) groups excluding carboxylic acids is 3. The zero-order valence-corrected chi connectivity index (χ0v) is 20.3. The Morgan fingerprint density at radius 3 is 2.38 bits per heavy atom. The normalized spacial score (nSPS) is 22.4. The van der Waals surface area contributed by atoms with Crippen molar-refractivity contribution in [2.24, 2.45) is 11.8 Å². The van der Waals surface area contributed by atoms with E-state index in [4.69, 9.17) is 25.5 Å². The van der Waals surface area contributed by atoms with Gasteiger partial charge in [0, 0.05) is 29.7 Å². The van der Waals surface area contributed by atoms with Crippen molar-refractivity contribution in [1.29, 1.82) is 0 Å². The van der Waals surface area contributed by atoms with Crippen LogP contribution in [0.5, 0.6) is 0 Å². The zero-order chi connectivity index (χ0) is 24.2. The summed E-state index contributed by atoms with van der Waals surface area (Å²) >= 11 is 5.56. The molecule has 1 amide bonds. The van der Waals surface area contributed by atoms with Gasteiger partial charge in [-0.05, 0) is 68.7 Å². The second-order valence-electron chi connectivity index (χ2n) is 9.08. The average molecular weight is 488 g/mol. The van der Waals surface area contributed by atoms with Crippen molar-refractivity contribution < 1.29 is 28.3 Å². The lowest BCUT2D eigenvalue weighted by atomic mass is 9.82. The van der Waals surface area contributed by atoms with E-state index in [0.29, 0.717) is 42.4 Å². The van der Waals surface area contributed by atoms with Gasteiger partial charge in [0.05, 0.1) is 19.3 Å². The number of rotatable bonds is 7. The van der Waals surface area contributed by atoms with Crippen molar-refractivity contribution in [2.45, 2.75) is 52.0 Å². The Kier molecular flexibility index (Phi) is 7.73. The maximum atomic E-state index is 13.8. The van der Waals surface area contributed by atoms with Gasteiger partial charge in [-0.2, -0.15) is 0 Å². The quantitative estimate of drug-likeness (QED) is 0.381. The summed E-state index contributed by atoms with van der Waals surface area (Å²) in [6.45, 7) is 5.08. The molecule has 1 saturated heterocycles. The maximum absolute atomic E-state index is 13.8. The molecule has 4 rings (SSSR count). The maximum Gasteiger partial charge on any atom is 0.343 e. The minimum atomic E-state index is -0.557. The number of ether oxygens (including phenoxy) is 2. The Bertz CT molecular complexity index is 1030. The summed E-state index contributed by atoms with van der Waals surface area (Å²) in [6.07, 6.45) is 4.32. The van der Waals surface area contributed by atoms with Gasteiger partial charge in [0.25, 0.3) is 5.24 Å². The first-order valence-electron chi connectivity index (χ1n) is 11.9. The number of nitrogens with zero attached hydrogens (tertiary/aromatic N) is 1. The van der Waals surface area contributed by atoms with Crippen LogP contribution in [-0.2, 0) is 14.3 Å². The molecule has 2 heterocycles. The minimum Gasteiger partial charge on any atom is -0.462 e. The zero-order valence-electron chi connectivity index (χ0n) is 19.6. The molecular formula is C26H30ClNO6. The van der Waals surface area contributed by atoms with Crippen molar-refractivity contribution in [2.75, 3.05) is 24.7 Å². The third-order valence-electron chi connectivity index (χ3n) is 6.70. The first kappa shape index (κ1) is 24.5. The highest BCUT2D eigenvalue weighted by Crippen LogP contribution is 2.38. The van der Waals surface area contributed by atoms with Crippen LogP contribution < -0.4 is 4.90 Å². The molecule has 7 nitrogen and oxygen atoms in total. The number of carbonyl (C=O) groups is 3. The molecular weight excluding hydrogens is 458 g/mol. The molecule has 1 atom stereocenters. The van der Waals surface area contributed by atoms with Crippen molar-refractivity contribution in [3.63, 3.8) is 0 Å². The molecule has 182 valence electrons. The number of furan rings is 1. The second kappa shape index (κ2) is 10.7. The van der Waals surface area contributed by atoms with Crippen molar-refractivity contribution in [3.05, 3.63) is 41.5 Å². The molecule has 0 radical (unpaired) electrons. The van der Waals surface area contributed by atoms with E-state index in [9.17, 15) is 14.4 Å². The Morgan fingerprint density at radius 2 is 1.79 bits per heavy atom. The van der Waals surface area contributed by atoms with Gasteiger partial charge in [0.1, 0.15) is 11.3 Å². The van der Waals surface area contributed by atoms with Crippen LogP contribution in [0.25, 0.3) is 11.3 Å². The topological polar surface area (TPSA) is 86.1 Å². The molecule has 1 aliphatic carbocycles. The Balaban J connectivity index is 1.74. The number of benzene rings is 1. The molecule has 1 unspecified atom stereocenters. The van der Waals surface area contributed by atoms with Crippen LogP contribution in [0.2, 0.25) is 0 Å². The highest BCUT2D eigenvalue weighted by atomic mass is 35.5. The summed E-state index contributed by atoms with van der Waals surface area (Å²) in [5.41, 5.74) is 1.22. The molecule has 2 aliphatic rings. The molecule has 0 spiro atoms. The molecule has 34 heavy (non-hydrogen) atoms. The van der Waals surface area contributed by atoms with E-state index in [1.165, 1.54) is 0 Å². The van der Waals surface area contributed by atoms with E-state index in [1.54, 1.807) is 42.2 Å². The molecule has 1 aromatic heterocycles. The van der Waals surface area contributed by atoms with E-state index >= 15 is 0 Å². The Hall–Kier alpha value is -2.64. The molecule has 0 N–H and O–H groups in total. The van der Waals surface area contributed by atoms with Gasteiger partial charge in [0.2, 0.25) is 11.8 Å². The first-order chi connectivity index (χ1) is 16.4. The van der Waals surface area contributed by atoms with Crippen LogP contribution in [0.4, 0.5) is 5.88 Å².